The Morgan fingerprint density at radius 3 is 0.854 bits per heavy atom. The van der Waals surface area contributed by atoms with Gasteiger partial charge >= 0.3 is 0 Å². The van der Waals surface area contributed by atoms with Crippen molar-refractivity contribution >= 4 is 43.5 Å². The molecule has 494 valence electrons. The Bertz CT molecular complexity index is 4280. The Kier molecular flexibility index (Phi) is 18.0. The Morgan fingerprint density at radius 1 is 0.250 bits per heavy atom. The first kappa shape index (κ1) is 64.6. The first-order valence-electron chi connectivity index (χ1n) is 38.6. The molecular weight excluding hydrogens is 1160 g/mol. The molecule has 2 aromatic heterocycles. The van der Waals surface area contributed by atoms with Gasteiger partial charge in [-0.05, 0) is 209 Å². The van der Waals surface area contributed by atoms with E-state index in [9.17, 15) is 0 Å². The molecule has 2 heteroatoms. The maximum atomic E-state index is 6.79. The highest BCUT2D eigenvalue weighted by Gasteiger charge is 2.51. The molecule has 96 heavy (non-hydrogen) atoms. The molecule has 0 unspecified atom stereocenters. The summed E-state index contributed by atoms with van der Waals surface area (Å²) in [5.41, 5.74) is 27.8. The van der Waals surface area contributed by atoms with Crippen LogP contribution in [0.3, 0.4) is 0 Å². The van der Waals surface area contributed by atoms with Crippen LogP contribution in [0.2, 0.25) is 0 Å². The summed E-state index contributed by atoms with van der Waals surface area (Å²) in [5.74, 6) is 1.91. The van der Waals surface area contributed by atoms with Gasteiger partial charge in [0.25, 0.3) is 0 Å². The number of rotatable bonds is 30. The third-order valence-electron chi connectivity index (χ3n) is 24.6. The summed E-state index contributed by atoms with van der Waals surface area (Å²) in [6.07, 6.45) is 36.0. The van der Waals surface area contributed by atoms with E-state index in [2.05, 4.69) is 213 Å². The van der Waals surface area contributed by atoms with Gasteiger partial charge in [-0.2, -0.15) is 0 Å². The molecule has 0 radical (unpaired) electrons. The highest BCUT2D eigenvalue weighted by Crippen LogP contribution is 2.66. The summed E-state index contributed by atoms with van der Waals surface area (Å²) in [5, 5.41) is 7.53. The fraction of sp³-hybridized carbons (Fsp3) is 0.426. The van der Waals surface area contributed by atoms with Crippen molar-refractivity contribution < 1.29 is 8.83 Å². The van der Waals surface area contributed by atoms with Crippen LogP contribution in [-0.4, -0.2) is 0 Å². The average Bonchev–Trinajstić information content (AvgIpc) is 1.52. The number of furan rings is 2. The molecule has 4 aliphatic rings. The molecule has 2 nitrogen and oxygen atoms in total. The summed E-state index contributed by atoms with van der Waals surface area (Å²) >= 11 is 0. The maximum absolute atomic E-state index is 6.79. The van der Waals surface area contributed by atoms with Crippen molar-refractivity contribution in [2.45, 2.75) is 257 Å². The Balaban J connectivity index is 0.955. The van der Waals surface area contributed by atoms with Gasteiger partial charge in [-0.1, -0.05) is 294 Å². The normalized spacial score (nSPS) is 15.3. The quantitative estimate of drug-likeness (QED) is 0.0420. The Hall–Kier alpha value is -7.42. The fourth-order valence-corrected chi connectivity index (χ4v) is 19.4. The van der Waals surface area contributed by atoms with E-state index in [1.54, 1.807) is 33.4 Å². The van der Waals surface area contributed by atoms with E-state index in [4.69, 9.17) is 8.83 Å². The zero-order valence-corrected chi connectivity index (χ0v) is 59.6. The number of para-hydroxylation sites is 2. The molecule has 0 atom stereocenters. The molecule has 9 aromatic carbocycles. The minimum Gasteiger partial charge on any atom is -0.456 e. The van der Waals surface area contributed by atoms with Crippen molar-refractivity contribution in [2.75, 3.05) is 0 Å². The molecule has 0 aliphatic heterocycles. The topological polar surface area (TPSA) is 26.3 Å². The van der Waals surface area contributed by atoms with Gasteiger partial charge in [-0.15, -0.1) is 0 Å². The van der Waals surface area contributed by atoms with E-state index in [0.29, 0.717) is 0 Å². The second-order valence-electron chi connectivity index (χ2n) is 31.4. The molecule has 0 saturated carbocycles. The van der Waals surface area contributed by atoms with E-state index >= 15 is 0 Å². The van der Waals surface area contributed by atoms with Crippen LogP contribution in [0.4, 0.5) is 0 Å². The van der Waals surface area contributed by atoms with Crippen LogP contribution in [0.1, 0.15) is 280 Å². The summed E-state index contributed by atoms with van der Waals surface area (Å²) in [6, 6.07) is 62.3. The van der Waals surface area contributed by atoms with Gasteiger partial charge in [0, 0.05) is 43.6 Å². The Morgan fingerprint density at radius 2 is 0.521 bits per heavy atom. The van der Waals surface area contributed by atoms with Gasteiger partial charge in [0.2, 0.25) is 0 Å². The highest BCUT2D eigenvalue weighted by atomic mass is 16.3. The van der Waals surface area contributed by atoms with Gasteiger partial charge < -0.3 is 8.83 Å². The van der Waals surface area contributed by atoms with E-state index < -0.39 is 0 Å². The largest absolute Gasteiger partial charge is 0.456 e. The summed E-state index contributed by atoms with van der Waals surface area (Å²) in [7, 11) is 0. The molecule has 11 aromatic rings. The van der Waals surface area contributed by atoms with Crippen molar-refractivity contribution in [3.05, 3.63) is 202 Å². The van der Waals surface area contributed by atoms with Gasteiger partial charge in [0.1, 0.15) is 22.7 Å². The van der Waals surface area contributed by atoms with Crippen LogP contribution in [0.15, 0.2) is 167 Å². The first-order chi connectivity index (χ1) is 46.9. The van der Waals surface area contributed by atoms with Crippen LogP contribution in [0.25, 0.3) is 111 Å². The van der Waals surface area contributed by atoms with Gasteiger partial charge in [0.15, 0.2) is 0 Å². The van der Waals surface area contributed by atoms with Crippen molar-refractivity contribution in [1.82, 2.24) is 0 Å². The summed E-state index contributed by atoms with van der Waals surface area (Å²) in [4.78, 5) is 0. The van der Waals surface area contributed by atoms with E-state index in [1.165, 1.54) is 268 Å². The molecule has 0 N–H and O–H groups in total. The second-order valence-corrected chi connectivity index (χ2v) is 31.4. The van der Waals surface area contributed by atoms with Gasteiger partial charge in [-0.3, -0.25) is 0 Å². The standard InChI is InChI=1S/C94H106O2/c1-9-13-17-21-25-37-49-93(50-38-26-22-18-14-10-2)79-57-72-70-56-78-76(90-68-46-34-32-44-66(68)74(60-84(90)92(78,7)8)88-54-64-42-30-36-48-86(64)96-88)62-82(70)94(51-39-27-23-19-15-11-3,52-40-28-24-20-16-12-4)80(72)58-71(79)69-55-77-75(61-81(69)93)89-67-45-33-31-43-65(67)73(59-83(89)91(77,5)6)87-53-63-41-29-35-47-85(63)95-87/h29-36,41-48,53-62H,9-28,37-40,49-52H2,1-8H3. The van der Waals surface area contributed by atoms with Crippen molar-refractivity contribution in [3.63, 3.8) is 0 Å². The van der Waals surface area contributed by atoms with Crippen molar-refractivity contribution in [3.8, 4) is 67.2 Å². The number of unbranched alkanes of at least 4 members (excludes halogenated alkanes) is 20. The summed E-state index contributed by atoms with van der Waals surface area (Å²) < 4.78 is 13.6. The number of hydrogen-bond acceptors (Lipinski definition) is 2. The lowest BCUT2D eigenvalue weighted by Crippen LogP contribution is -2.27. The molecule has 0 spiro atoms. The molecule has 2 heterocycles. The third-order valence-corrected chi connectivity index (χ3v) is 24.6. The third kappa shape index (κ3) is 11.0. The second kappa shape index (κ2) is 26.8. The van der Waals surface area contributed by atoms with Crippen molar-refractivity contribution in [2.24, 2.45) is 0 Å². The molecule has 0 bridgehead atoms. The van der Waals surface area contributed by atoms with Crippen LogP contribution >= 0.6 is 0 Å². The lowest BCUT2D eigenvalue weighted by atomic mass is 9.68. The number of benzene rings is 9. The predicted octanol–water partition coefficient (Wildman–Crippen LogP) is 29.0. The lowest BCUT2D eigenvalue weighted by Gasteiger charge is -2.35. The predicted molar refractivity (Wildman–Crippen MR) is 411 cm³/mol. The van der Waals surface area contributed by atoms with Crippen molar-refractivity contribution in [1.29, 1.82) is 0 Å². The van der Waals surface area contributed by atoms with E-state index in [-0.39, 0.29) is 21.7 Å². The van der Waals surface area contributed by atoms with E-state index in [1.807, 2.05) is 0 Å². The van der Waals surface area contributed by atoms with Crippen LogP contribution in [-0.2, 0) is 21.7 Å². The smallest absolute Gasteiger partial charge is 0.136 e. The summed E-state index contributed by atoms with van der Waals surface area (Å²) in [6.45, 7) is 19.6. The molecule has 0 fully saturated rings. The molecule has 0 saturated heterocycles. The monoisotopic (exact) mass is 1270 g/mol. The fourth-order valence-electron chi connectivity index (χ4n) is 19.4. The zero-order valence-electron chi connectivity index (χ0n) is 59.6. The average molecular weight is 1270 g/mol. The van der Waals surface area contributed by atoms with Gasteiger partial charge in [-0.25, -0.2) is 0 Å². The lowest BCUT2D eigenvalue weighted by molar-refractivity contribution is 0.394. The van der Waals surface area contributed by atoms with Crippen LogP contribution < -0.4 is 0 Å². The van der Waals surface area contributed by atoms with E-state index in [0.717, 1.165) is 33.5 Å². The minimum atomic E-state index is -0.249. The molecular formula is C94H106O2. The van der Waals surface area contributed by atoms with Gasteiger partial charge in [0.05, 0.1) is 0 Å². The molecule has 0 amide bonds. The number of hydrogen-bond donors (Lipinski definition) is 0. The minimum absolute atomic E-state index is 0.122. The van der Waals surface area contributed by atoms with Crippen LogP contribution in [0, 0.1) is 0 Å². The molecule has 15 rings (SSSR count). The first-order valence-corrected chi connectivity index (χ1v) is 38.6. The maximum Gasteiger partial charge on any atom is 0.136 e. The zero-order chi connectivity index (χ0) is 65.8. The Labute approximate surface area is 575 Å². The number of fused-ring (bicyclic) bond motifs is 18. The molecule has 4 aliphatic carbocycles. The van der Waals surface area contributed by atoms with Crippen LogP contribution in [0.5, 0.6) is 0 Å². The highest BCUT2D eigenvalue weighted by molar-refractivity contribution is 6.12. The SMILES string of the molecule is CCCCCCCCC1(CCCCCCCC)c2cc3c(cc2-c2cc4c(cc21)-c1cc2c(cc1C4(CCCCCCCC)CCCCCCCC)-c1c(cc(-c4cc5ccccc5o4)c4ccccc14)C2(C)C)C(C)(C)c1cc(-c2cc4ccccc4o2)c2ccccc2c1-3.